The van der Waals surface area contributed by atoms with E-state index in [1.165, 1.54) is 0 Å². The molecule has 0 saturated carbocycles. The van der Waals surface area contributed by atoms with Crippen molar-refractivity contribution >= 4 is 28.7 Å². The van der Waals surface area contributed by atoms with Gasteiger partial charge in [-0.05, 0) is 61.9 Å². The van der Waals surface area contributed by atoms with E-state index in [2.05, 4.69) is 22.6 Å². The molecule has 2 aromatic rings. The van der Waals surface area contributed by atoms with Crippen LogP contribution in [0.5, 0.6) is 5.75 Å². The zero-order valence-corrected chi connectivity index (χ0v) is 18.0. The first-order valence-electron chi connectivity index (χ1n) is 8.59. The van der Waals surface area contributed by atoms with E-state index in [1.54, 1.807) is 12.0 Å². The fraction of sp³-hybridized carbons (Fsp3) is 0.474. The Balaban J connectivity index is 1.94. The molecule has 0 bridgehead atoms. The van der Waals surface area contributed by atoms with Crippen molar-refractivity contribution in [2.24, 2.45) is 0 Å². The molecule has 0 aliphatic carbocycles. The second-order valence-corrected chi connectivity index (χ2v) is 8.43. The van der Waals surface area contributed by atoms with Gasteiger partial charge in [-0.1, -0.05) is 12.1 Å². The third-order valence-electron chi connectivity index (χ3n) is 4.26. The highest BCUT2D eigenvalue weighted by molar-refractivity contribution is 14.1. The van der Waals surface area contributed by atoms with E-state index < -0.39 is 5.60 Å². The van der Waals surface area contributed by atoms with Gasteiger partial charge in [-0.15, -0.1) is 0 Å². The van der Waals surface area contributed by atoms with Crippen LogP contribution in [0.4, 0.5) is 4.79 Å². The van der Waals surface area contributed by atoms with E-state index in [9.17, 15) is 4.79 Å². The van der Waals surface area contributed by atoms with Crippen LogP contribution in [0, 0.1) is 10.6 Å². The Kier molecular flexibility index (Phi) is 5.18. The number of amides is 1. The Bertz CT molecular complexity index is 839. The Morgan fingerprint density at radius 1 is 1.31 bits per heavy atom. The zero-order valence-electron chi connectivity index (χ0n) is 15.8. The molecule has 1 aromatic heterocycles. The van der Waals surface area contributed by atoms with Crippen LogP contribution in [0.25, 0.3) is 5.69 Å². The predicted molar refractivity (Wildman–Crippen MR) is 108 cm³/mol. The second kappa shape index (κ2) is 7.09. The van der Waals surface area contributed by atoms with Gasteiger partial charge in [-0.3, -0.25) is 0 Å². The first-order chi connectivity index (χ1) is 12.2. The summed E-state index contributed by atoms with van der Waals surface area (Å²) in [6.07, 6.45) is 0.436. The molecule has 0 N–H and O–H groups in total. The highest BCUT2D eigenvalue weighted by atomic mass is 127. The van der Waals surface area contributed by atoms with Crippen molar-refractivity contribution in [1.82, 2.24) is 14.7 Å². The molecule has 0 unspecified atom stereocenters. The molecule has 26 heavy (non-hydrogen) atoms. The number of benzene rings is 1. The molecule has 0 saturated heterocycles. The number of ether oxygens (including phenoxy) is 2. The minimum absolute atomic E-state index is 0.278. The Morgan fingerprint density at radius 2 is 2.04 bits per heavy atom. The minimum atomic E-state index is -0.497. The lowest BCUT2D eigenvalue weighted by molar-refractivity contribution is 0.0223. The van der Waals surface area contributed by atoms with Gasteiger partial charge in [0, 0.05) is 18.5 Å². The van der Waals surface area contributed by atoms with Crippen LogP contribution >= 0.6 is 22.6 Å². The lowest BCUT2D eigenvalue weighted by atomic mass is 10.1. The van der Waals surface area contributed by atoms with Crippen molar-refractivity contribution in [3.8, 4) is 11.4 Å². The molecule has 2 heterocycles. The number of aromatic nitrogens is 2. The summed E-state index contributed by atoms with van der Waals surface area (Å²) in [5.74, 6) is 0.784. The molecule has 140 valence electrons. The van der Waals surface area contributed by atoms with Crippen LogP contribution in [-0.4, -0.2) is 40.0 Å². The number of carbonyl (C=O) groups excluding carboxylic acids is 1. The van der Waals surface area contributed by atoms with Crippen LogP contribution in [-0.2, 0) is 17.7 Å². The predicted octanol–water partition coefficient (Wildman–Crippen LogP) is 4.09. The molecular weight excluding hydrogens is 445 g/mol. The first-order valence-corrected chi connectivity index (χ1v) is 9.67. The van der Waals surface area contributed by atoms with Gasteiger partial charge >= 0.3 is 6.09 Å². The number of fused-ring (bicyclic) bond motifs is 1. The van der Waals surface area contributed by atoms with Crippen molar-refractivity contribution in [3.63, 3.8) is 0 Å². The van der Waals surface area contributed by atoms with Gasteiger partial charge in [0.1, 0.15) is 20.7 Å². The van der Waals surface area contributed by atoms with Gasteiger partial charge < -0.3 is 14.4 Å². The van der Waals surface area contributed by atoms with Crippen LogP contribution in [0.2, 0.25) is 0 Å². The summed E-state index contributed by atoms with van der Waals surface area (Å²) in [7, 11) is 1.67. The van der Waals surface area contributed by atoms with Gasteiger partial charge in [0.2, 0.25) is 0 Å². The largest absolute Gasteiger partial charge is 0.494 e. The van der Waals surface area contributed by atoms with E-state index in [-0.39, 0.29) is 6.09 Å². The number of rotatable bonds is 2. The first kappa shape index (κ1) is 19.0. The Labute approximate surface area is 167 Å². The topological polar surface area (TPSA) is 56.6 Å². The molecule has 1 amide bonds. The maximum atomic E-state index is 12.4. The van der Waals surface area contributed by atoms with Crippen LogP contribution in [0.15, 0.2) is 18.2 Å². The quantitative estimate of drug-likeness (QED) is 0.622. The standard InChI is InChI=1S/C19H24IN3O3/c1-12-7-6-8-15(25-5)16(12)23-17(20)13-11-22(10-9-14(13)21-23)18(24)26-19(2,3)4/h6-8H,9-11H2,1-5H3. The van der Waals surface area contributed by atoms with E-state index >= 15 is 0 Å². The third kappa shape index (κ3) is 3.67. The Morgan fingerprint density at radius 3 is 2.69 bits per heavy atom. The molecule has 7 heteroatoms. The van der Waals surface area contributed by atoms with Crippen LogP contribution < -0.4 is 4.74 Å². The summed E-state index contributed by atoms with van der Waals surface area (Å²) in [5.41, 5.74) is 3.64. The molecule has 1 aromatic carbocycles. The molecule has 0 spiro atoms. The van der Waals surface area contributed by atoms with Crippen molar-refractivity contribution in [2.45, 2.75) is 46.3 Å². The molecule has 6 nitrogen and oxygen atoms in total. The van der Waals surface area contributed by atoms with Gasteiger partial charge in [-0.2, -0.15) is 5.10 Å². The summed E-state index contributed by atoms with van der Waals surface area (Å²) in [6, 6.07) is 5.95. The highest BCUT2D eigenvalue weighted by Crippen LogP contribution is 2.32. The maximum Gasteiger partial charge on any atom is 0.410 e. The van der Waals surface area contributed by atoms with E-state index in [0.29, 0.717) is 19.5 Å². The lowest BCUT2D eigenvalue weighted by Crippen LogP contribution is -2.39. The smallest absolute Gasteiger partial charge is 0.410 e. The second-order valence-electron chi connectivity index (χ2n) is 7.41. The van der Waals surface area contributed by atoms with E-state index in [0.717, 1.165) is 32.0 Å². The number of carbonyl (C=O) groups is 1. The highest BCUT2D eigenvalue weighted by Gasteiger charge is 2.30. The normalized spacial score (nSPS) is 14.2. The number of para-hydroxylation sites is 1. The number of hydrogen-bond donors (Lipinski definition) is 0. The monoisotopic (exact) mass is 469 g/mol. The van der Waals surface area contributed by atoms with Crippen LogP contribution in [0.1, 0.15) is 37.6 Å². The van der Waals surface area contributed by atoms with Crippen molar-refractivity contribution in [3.05, 3.63) is 38.7 Å². The van der Waals surface area contributed by atoms with Gasteiger partial charge in [0.25, 0.3) is 0 Å². The SMILES string of the molecule is COc1cccc(C)c1-n1nc2c(c1I)CN(C(=O)OC(C)(C)C)CC2. The molecule has 0 radical (unpaired) electrons. The zero-order chi connectivity index (χ0) is 19.1. The average molecular weight is 469 g/mol. The van der Waals surface area contributed by atoms with E-state index in [4.69, 9.17) is 14.6 Å². The fourth-order valence-corrected chi connectivity index (χ4v) is 3.87. The van der Waals surface area contributed by atoms with Gasteiger partial charge in [0.05, 0.1) is 19.3 Å². The van der Waals surface area contributed by atoms with Crippen molar-refractivity contribution in [1.29, 1.82) is 0 Å². The van der Waals surface area contributed by atoms with Gasteiger partial charge in [-0.25, -0.2) is 9.48 Å². The molecule has 1 aliphatic rings. The molecule has 3 rings (SSSR count). The number of halogens is 1. The fourth-order valence-electron chi connectivity index (χ4n) is 3.04. The average Bonchev–Trinajstić information content (AvgIpc) is 2.89. The molecular formula is C19H24IN3O3. The number of hydrogen-bond acceptors (Lipinski definition) is 4. The van der Waals surface area contributed by atoms with Gasteiger partial charge in [0.15, 0.2) is 0 Å². The van der Waals surface area contributed by atoms with E-state index in [1.807, 2.05) is 50.6 Å². The number of aryl methyl sites for hydroxylation is 1. The Hall–Kier alpha value is -1.77. The maximum absolute atomic E-state index is 12.4. The number of nitrogens with zero attached hydrogens (tertiary/aromatic N) is 3. The van der Waals surface area contributed by atoms with Crippen molar-refractivity contribution in [2.75, 3.05) is 13.7 Å². The lowest BCUT2D eigenvalue weighted by Gasteiger charge is -2.29. The minimum Gasteiger partial charge on any atom is -0.494 e. The summed E-state index contributed by atoms with van der Waals surface area (Å²) < 4.78 is 14.0. The molecule has 0 fully saturated rings. The summed E-state index contributed by atoms with van der Waals surface area (Å²) in [5, 5.41) is 4.81. The summed E-state index contributed by atoms with van der Waals surface area (Å²) >= 11 is 2.30. The third-order valence-corrected chi connectivity index (χ3v) is 5.36. The number of methoxy groups -OCH3 is 1. The summed E-state index contributed by atoms with van der Waals surface area (Å²) in [4.78, 5) is 14.2. The summed E-state index contributed by atoms with van der Waals surface area (Å²) in [6.45, 7) is 8.81. The van der Waals surface area contributed by atoms with Crippen LogP contribution in [0.3, 0.4) is 0 Å². The molecule has 0 atom stereocenters. The molecule has 1 aliphatic heterocycles. The van der Waals surface area contributed by atoms with Crippen molar-refractivity contribution < 1.29 is 14.3 Å².